The molecule has 0 bridgehead atoms. The Labute approximate surface area is 107 Å². The largest absolute Gasteiger partial charge is 0.482 e. The van der Waals surface area contributed by atoms with Gasteiger partial charge in [0.05, 0.1) is 6.10 Å². The fraction of sp³-hybridized carbons (Fsp3) is 0.429. The minimum absolute atomic E-state index is 0.107. The molecular formula is C14H18O4. The fourth-order valence-electron chi connectivity index (χ4n) is 1.43. The van der Waals surface area contributed by atoms with Gasteiger partial charge in [0, 0.05) is 6.42 Å². The predicted molar refractivity (Wildman–Crippen MR) is 67.6 cm³/mol. The van der Waals surface area contributed by atoms with Gasteiger partial charge in [-0.1, -0.05) is 12.1 Å². The van der Waals surface area contributed by atoms with Crippen molar-refractivity contribution < 1.29 is 19.1 Å². The Hall–Kier alpha value is -1.84. The number of ketones is 1. The van der Waals surface area contributed by atoms with Crippen molar-refractivity contribution in [1.29, 1.82) is 0 Å². The van der Waals surface area contributed by atoms with E-state index in [1.165, 1.54) is 0 Å². The Morgan fingerprint density at radius 2 is 1.78 bits per heavy atom. The topological polar surface area (TPSA) is 52.6 Å². The molecule has 0 amide bonds. The van der Waals surface area contributed by atoms with Crippen LogP contribution in [0.1, 0.15) is 26.3 Å². The molecule has 18 heavy (non-hydrogen) atoms. The van der Waals surface area contributed by atoms with Gasteiger partial charge in [0.15, 0.2) is 6.61 Å². The standard InChI is InChI=1S/C14H18O4/c1-10(2)18-14(16)9-17-13-6-4-12(5-7-13)8-11(3)15/h4-7,10H,8-9H2,1-3H3. The molecule has 1 aromatic rings. The summed E-state index contributed by atoms with van der Waals surface area (Å²) in [5.74, 6) is 0.310. The summed E-state index contributed by atoms with van der Waals surface area (Å²) < 4.78 is 10.2. The molecule has 1 aromatic carbocycles. The number of hydrogen-bond donors (Lipinski definition) is 0. The van der Waals surface area contributed by atoms with Crippen molar-refractivity contribution >= 4 is 11.8 Å². The molecule has 0 N–H and O–H groups in total. The summed E-state index contributed by atoms with van der Waals surface area (Å²) in [5.41, 5.74) is 0.930. The first-order valence-corrected chi connectivity index (χ1v) is 5.88. The van der Waals surface area contributed by atoms with Gasteiger partial charge in [-0.25, -0.2) is 4.79 Å². The Morgan fingerprint density at radius 3 is 2.28 bits per heavy atom. The molecule has 0 heterocycles. The van der Waals surface area contributed by atoms with E-state index in [9.17, 15) is 9.59 Å². The van der Waals surface area contributed by atoms with Gasteiger partial charge in [-0.2, -0.15) is 0 Å². The zero-order valence-corrected chi connectivity index (χ0v) is 10.9. The highest BCUT2D eigenvalue weighted by Gasteiger charge is 2.06. The maximum atomic E-state index is 11.2. The van der Waals surface area contributed by atoms with Gasteiger partial charge in [-0.05, 0) is 38.5 Å². The second-order valence-corrected chi connectivity index (χ2v) is 4.35. The van der Waals surface area contributed by atoms with Crippen LogP contribution in [0, 0.1) is 0 Å². The third kappa shape index (κ3) is 5.48. The van der Waals surface area contributed by atoms with Gasteiger partial charge in [0.25, 0.3) is 0 Å². The van der Waals surface area contributed by atoms with E-state index in [1.54, 1.807) is 32.9 Å². The highest BCUT2D eigenvalue weighted by Crippen LogP contribution is 2.12. The average molecular weight is 250 g/mol. The SMILES string of the molecule is CC(=O)Cc1ccc(OCC(=O)OC(C)C)cc1. The van der Waals surface area contributed by atoms with Crippen LogP contribution in [0.2, 0.25) is 0 Å². The lowest BCUT2D eigenvalue weighted by Crippen LogP contribution is -2.18. The van der Waals surface area contributed by atoms with Crippen LogP contribution in [0.5, 0.6) is 5.75 Å². The predicted octanol–water partition coefficient (Wildman–Crippen LogP) is 2.15. The van der Waals surface area contributed by atoms with Gasteiger partial charge >= 0.3 is 5.97 Å². The van der Waals surface area contributed by atoms with Crippen LogP contribution in [0.15, 0.2) is 24.3 Å². The smallest absolute Gasteiger partial charge is 0.344 e. The minimum Gasteiger partial charge on any atom is -0.482 e. The van der Waals surface area contributed by atoms with E-state index in [0.717, 1.165) is 5.56 Å². The number of benzene rings is 1. The summed E-state index contributed by atoms with van der Waals surface area (Å²) in [6, 6.07) is 7.09. The number of ether oxygens (including phenoxy) is 2. The van der Waals surface area contributed by atoms with Crippen molar-refractivity contribution in [3.8, 4) is 5.75 Å². The van der Waals surface area contributed by atoms with E-state index in [1.807, 2.05) is 12.1 Å². The Kier molecular flexibility index (Phi) is 5.36. The molecule has 0 aliphatic carbocycles. The van der Waals surface area contributed by atoms with Gasteiger partial charge in [0.2, 0.25) is 0 Å². The summed E-state index contributed by atoms with van der Waals surface area (Å²) in [7, 11) is 0. The van der Waals surface area contributed by atoms with Crippen molar-refractivity contribution in [3.05, 3.63) is 29.8 Å². The second kappa shape index (κ2) is 6.79. The van der Waals surface area contributed by atoms with E-state index in [-0.39, 0.29) is 18.5 Å². The maximum Gasteiger partial charge on any atom is 0.344 e. The van der Waals surface area contributed by atoms with Crippen molar-refractivity contribution in [2.45, 2.75) is 33.3 Å². The molecule has 0 aromatic heterocycles. The lowest BCUT2D eigenvalue weighted by atomic mass is 10.1. The van der Waals surface area contributed by atoms with Crippen molar-refractivity contribution in [2.75, 3.05) is 6.61 Å². The Bertz CT molecular complexity index is 406. The molecule has 1 rings (SSSR count). The lowest BCUT2D eigenvalue weighted by Gasteiger charge is -2.09. The van der Waals surface area contributed by atoms with Gasteiger partial charge < -0.3 is 9.47 Å². The van der Waals surface area contributed by atoms with E-state index < -0.39 is 5.97 Å². The van der Waals surface area contributed by atoms with Crippen molar-refractivity contribution in [2.24, 2.45) is 0 Å². The molecule has 0 fully saturated rings. The van der Waals surface area contributed by atoms with Gasteiger partial charge in [-0.15, -0.1) is 0 Å². The lowest BCUT2D eigenvalue weighted by molar-refractivity contribution is -0.149. The Morgan fingerprint density at radius 1 is 1.17 bits per heavy atom. The fourth-order valence-corrected chi connectivity index (χ4v) is 1.43. The van der Waals surface area contributed by atoms with Crippen molar-refractivity contribution in [3.63, 3.8) is 0 Å². The summed E-state index contributed by atoms with van der Waals surface area (Å²) >= 11 is 0. The monoisotopic (exact) mass is 250 g/mol. The highest BCUT2D eigenvalue weighted by atomic mass is 16.6. The molecule has 0 unspecified atom stereocenters. The number of carbonyl (C=O) groups excluding carboxylic acids is 2. The third-order valence-electron chi connectivity index (χ3n) is 2.10. The highest BCUT2D eigenvalue weighted by molar-refractivity contribution is 5.78. The number of esters is 1. The van der Waals surface area contributed by atoms with E-state index in [4.69, 9.17) is 9.47 Å². The molecule has 0 saturated carbocycles. The molecule has 4 heteroatoms. The Balaban J connectivity index is 2.44. The third-order valence-corrected chi connectivity index (χ3v) is 2.10. The average Bonchev–Trinajstić information content (AvgIpc) is 2.26. The molecule has 0 atom stereocenters. The molecule has 0 aliphatic rings. The van der Waals surface area contributed by atoms with Gasteiger partial charge in [-0.3, -0.25) is 4.79 Å². The first-order chi connectivity index (χ1) is 8.47. The quantitative estimate of drug-likeness (QED) is 0.726. The summed E-state index contributed by atoms with van der Waals surface area (Å²) in [4.78, 5) is 22.2. The number of Topliss-reactive ketones (excluding diaryl/α,β-unsaturated/α-hetero) is 1. The van der Waals surface area contributed by atoms with E-state index >= 15 is 0 Å². The molecule has 4 nitrogen and oxygen atoms in total. The first-order valence-electron chi connectivity index (χ1n) is 5.88. The first kappa shape index (κ1) is 14.2. The molecule has 0 aliphatic heterocycles. The second-order valence-electron chi connectivity index (χ2n) is 4.35. The van der Waals surface area contributed by atoms with E-state index in [0.29, 0.717) is 12.2 Å². The van der Waals surface area contributed by atoms with Crippen LogP contribution in [0.3, 0.4) is 0 Å². The van der Waals surface area contributed by atoms with E-state index in [2.05, 4.69) is 0 Å². The molecule has 98 valence electrons. The summed E-state index contributed by atoms with van der Waals surface area (Å²) in [5, 5.41) is 0. The molecule has 0 spiro atoms. The minimum atomic E-state index is -0.391. The normalized spacial score (nSPS) is 10.2. The molecule has 0 saturated heterocycles. The molecule has 0 radical (unpaired) electrons. The van der Waals surface area contributed by atoms with Crippen LogP contribution < -0.4 is 4.74 Å². The summed E-state index contributed by atoms with van der Waals surface area (Å²) in [6.07, 6.45) is 0.273. The summed E-state index contributed by atoms with van der Waals surface area (Å²) in [6.45, 7) is 5.01. The van der Waals surface area contributed by atoms with Crippen LogP contribution in [0.4, 0.5) is 0 Å². The van der Waals surface area contributed by atoms with Gasteiger partial charge in [0.1, 0.15) is 11.5 Å². The van der Waals surface area contributed by atoms with Crippen LogP contribution >= 0.6 is 0 Å². The maximum absolute atomic E-state index is 11.2. The van der Waals surface area contributed by atoms with Crippen LogP contribution in [-0.2, 0) is 20.7 Å². The molecular weight excluding hydrogens is 232 g/mol. The zero-order chi connectivity index (χ0) is 13.5. The number of hydrogen-bond acceptors (Lipinski definition) is 4. The zero-order valence-electron chi connectivity index (χ0n) is 10.9. The number of carbonyl (C=O) groups is 2. The van der Waals surface area contributed by atoms with Crippen LogP contribution in [0.25, 0.3) is 0 Å². The van der Waals surface area contributed by atoms with Crippen molar-refractivity contribution in [1.82, 2.24) is 0 Å². The van der Waals surface area contributed by atoms with Crippen LogP contribution in [-0.4, -0.2) is 24.5 Å². The number of rotatable bonds is 6.